The van der Waals surface area contributed by atoms with Crippen molar-refractivity contribution in [1.29, 1.82) is 0 Å². The van der Waals surface area contributed by atoms with Gasteiger partial charge in [0.15, 0.2) is 0 Å². The number of nitrogens with zero attached hydrogens (tertiary/aromatic N) is 1. The Morgan fingerprint density at radius 3 is 1.75 bits per heavy atom. The maximum absolute atomic E-state index is 12.9. The van der Waals surface area contributed by atoms with Crippen molar-refractivity contribution in [3.05, 3.63) is 29.8 Å². The van der Waals surface area contributed by atoms with Gasteiger partial charge in [0.25, 0.3) is 0 Å². The lowest BCUT2D eigenvalue weighted by atomic mass is 9.91. The van der Waals surface area contributed by atoms with E-state index in [0.29, 0.717) is 0 Å². The summed E-state index contributed by atoms with van der Waals surface area (Å²) in [6.45, 7) is 14.2. The molecule has 3 nitrogen and oxygen atoms in total. The Bertz CT molecular complexity index is 449. The maximum atomic E-state index is 12.9. The molecule has 0 aromatic heterocycles. The predicted molar refractivity (Wildman–Crippen MR) is 82.9 cm³/mol. The van der Waals surface area contributed by atoms with Gasteiger partial charge in [0.05, 0.1) is 5.92 Å². The van der Waals surface area contributed by atoms with Gasteiger partial charge in [0, 0.05) is 11.1 Å². The van der Waals surface area contributed by atoms with Crippen LogP contribution in [0.15, 0.2) is 24.3 Å². The largest absolute Gasteiger partial charge is 0.508 e. The molecule has 112 valence electrons. The van der Waals surface area contributed by atoms with Crippen molar-refractivity contribution >= 4 is 5.91 Å². The highest BCUT2D eigenvalue weighted by atomic mass is 16.3. The number of hydrogen-bond donors (Lipinski definition) is 1. The van der Waals surface area contributed by atoms with Crippen LogP contribution in [-0.2, 0) is 4.79 Å². The highest BCUT2D eigenvalue weighted by molar-refractivity contribution is 5.84. The van der Waals surface area contributed by atoms with E-state index < -0.39 is 0 Å². The van der Waals surface area contributed by atoms with Crippen LogP contribution < -0.4 is 0 Å². The second kappa shape index (κ2) is 5.47. The van der Waals surface area contributed by atoms with Crippen LogP contribution in [0.5, 0.6) is 5.75 Å². The minimum absolute atomic E-state index is 0.107. The quantitative estimate of drug-likeness (QED) is 0.890. The first kappa shape index (κ1) is 16.5. The van der Waals surface area contributed by atoms with Gasteiger partial charge >= 0.3 is 0 Å². The van der Waals surface area contributed by atoms with Gasteiger partial charge in [0.1, 0.15) is 5.75 Å². The van der Waals surface area contributed by atoms with Gasteiger partial charge in [-0.1, -0.05) is 12.1 Å². The smallest absolute Gasteiger partial charge is 0.230 e. The molecule has 0 radical (unpaired) electrons. The molecule has 20 heavy (non-hydrogen) atoms. The van der Waals surface area contributed by atoms with E-state index in [1.54, 1.807) is 24.3 Å². The van der Waals surface area contributed by atoms with Crippen molar-refractivity contribution in [2.45, 2.75) is 65.5 Å². The van der Waals surface area contributed by atoms with Crippen LogP contribution in [0.25, 0.3) is 0 Å². The van der Waals surface area contributed by atoms with E-state index in [1.165, 1.54) is 0 Å². The van der Waals surface area contributed by atoms with Crippen LogP contribution >= 0.6 is 0 Å². The van der Waals surface area contributed by atoms with Crippen molar-refractivity contribution in [1.82, 2.24) is 4.90 Å². The number of hydrogen-bond acceptors (Lipinski definition) is 2. The molecule has 0 spiro atoms. The summed E-state index contributed by atoms with van der Waals surface area (Å²) in [7, 11) is 0. The molecule has 0 saturated carbocycles. The molecular weight excluding hydrogens is 250 g/mol. The SMILES string of the molecule is CC(C(=O)N(C(C)(C)C)C(C)(C)C)c1ccc(O)cc1. The van der Waals surface area contributed by atoms with Gasteiger partial charge in [-0.15, -0.1) is 0 Å². The summed E-state index contributed by atoms with van der Waals surface area (Å²) < 4.78 is 0. The van der Waals surface area contributed by atoms with Crippen LogP contribution in [0.3, 0.4) is 0 Å². The molecule has 0 heterocycles. The average Bonchev–Trinajstić information content (AvgIpc) is 2.25. The number of rotatable bonds is 2. The molecule has 3 heteroatoms. The molecule has 0 aliphatic carbocycles. The fraction of sp³-hybridized carbons (Fsp3) is 0.588. The van der Waals surface area contributed by atoms with E-state index in [9.17, 15) is 9.90 Å². The standard InChI is InChI=1S/C17H27NO2/c1-12(13-8-10-14(19)11-9-13)15(20)18(16(2,3)4)17(5,6)7/h8-12,19H,1-7H3. The molecule has 0 bridgehead atoms. The third-order valence-electron chi connectivity index (χ3n) is 3.33. The zero-order valence-electron chi connectivity index (χ0n) is 13.7. The summed E-state index contributed by atoms with van der Waals surface area (Å²) in [5, 5.41) is 9.35. The Labute approximate surface area is 122 Å². The average molecular weight is 277 g/mol. The van der Waals surface area contributed by atoms with Crippen LogP contribution in [0.2, 0.25) is 0 Å². The molecule has 1 amide bonds. The normalized spacial score (nSPS) is 13.9. The lowest BCUT2D eigenvalue weighted by molar-refractivity contribution is -0.144. The summed E-state index contributed by atoms with van der Waals surface area (Å²) in [5.74, 6) is 0.0987. The van der Waals surface area contributed by atoms with E-state index in [0.717, 1.165) is 5.56 Å². The minimum Gasteiger partial charge on any atom is -0.508 e. The molecule has 1 aromatic rings. The zero-order chi connectivity index (χ0) is 15.7. The Morgan fingerprint density at radius 2 is 1.40 bits per heavy atom. The van der Waals surface area contributed by atoms with Crippen molar-refractivity contribution in [2.24, 2.45) is 0 Å². The molecule has 0 saturated heterocycles. The van der Waals surface area contributed by atoms with E-state index in [-0.39, 0.29) is 28.7 Å². The molecular formula is C17H27NO2. The first-order chi connectivity index (χ1) is 8.94. The van der Waals surface area contributed by atoms with Gasteiger partial charge in [-0.25, -0.2) is 0 Å². The zero-order valence-corrected chi connectivity index (χ0v) is 13.7. The summed E-state index contributed by atoms with van der Waals surface area (Å²) >= 11 is 0. The summed E-state index contributed by atoms with van der Waals surface area (Å²) in [5.41, 5.74) is 0.451. The Hall–Kier alpha value is -1.51. The lowest BCUT2D eigenvalue weighted by Gasteiger charge is -2.46. The maximum Gasteiger partial charge on any atom is 0.230 e. The lowest BCUT2D eigenvalue weighted by Crippen LogP contribution is -2.56. The molecule has 1 atom stereocenters. The van der Waals surface area contributed by atoms with E-state index in [4.69, 9.17) is 0 Å². The number of amides is 1. The van der Waals surface area contributed by atoms with Crippen LogP contribution in [0.1, 0.15) is 59.9 Å². The van der Waals surface area contributed by atoms with Crippen molar-refractivity contribution in [3.8, 4) is 5.75 Å². The molecule has 1 N–H and O–H groups in total. The fourth-order valence-electron chi connectivity index (χ4n) is 2.77. The van der Waals surface area contributed by atoms with Crippen molar-refractivity contribution in [3.63, 3.8) is 0 Å². The number of phenolic OH excluding ortho intramolecular Hbond substituents is 1. The summed E-state index contributed by atoms with van der Waals surface area (Å²) in [4.78, 5) is 14.8. The highest BCUT2D eigenvalue weighted by Crippen LogP contribution is 2.30. The second-order valence-electron chi connectivity index (χ2n) is 7.33. The Balaban J connectivity index is 3.10. The van der Waals surface area contributed by atoms with Crippen LogP contribution in [0.4, 0.5) is 0 Å². The van der Waals surface area contributed by atoms with Crippen LogP contribution in [-0.4, -0.2) is 27.0 Å². The molecule has 1 aromatic carbocycles. The van der Waals surface area contributed by atoms with E-state index >= 15 is 0 Å². The van der Waals surface area contributed by atoms with Gasteiger partial charge < -0.3 is 10.0 Å². The molecule has 0 aliphatic rings. The number of benzene rings is 1. The third kappa shape index (κ3) is 3.75. The first-order valence-electron chi connectivity index (χ1n) is 7.07. The Kier molecular flexibility index (Phi) is 4.52. The number of phenols is 1. The molecule has 1 rings (SSSR count). The topological polar surface area (TPSA) is 40.5 Å². The van der Waals surface area contributed by atoms with Gasteiger partial charge in [0.2, 0.25) is 5.91 Å². The molecule has 0 fully saturated rings. The summed E-state index contributed by atoms with van der Waals surface area (Å²) in [6.07, 6.45) is 0. The fourth-order valence-corrected chi connectivity index (χ4v) is 2.77. The Morgan fingerprint density at radius 1 is 1.00 bits per heavy atom. The van der Waals surface area contributed by atoms with E-state index in [1.807, 2.05) is 11.8 Å². The van der Waals surface area contributed by atoms with Gasteiger partial charge in [-0.2, -0.15) is 0 Å². The second-order valence-corrected chi connectivity index (χ2v) is 7.33. The number of carbonyl (C=O) groups is 1. The number of aromatic hydroxyl groups is 1. The van der Waals surface area contributed by atoms with Crippen LogP contribution in [0, 0.1) is 0 Å². The van der Waals surface area contributed by atoms with Crippen molar-refractivity contribution in [2.75, 3.05) is 0 Å². The van der Waals surface area contributed by atoms with E-state index in [2.05, 4.69) is 41.5 Å². The van der Waals surface area contributed by atoms with Gasteiger partial charge in [-0.05, 0) is 66.2 Å². The monoisotopic (exact) mass is 277 g/mol. The first-order valence-corrected chi connectivity index (χ1v) is 7.07. The third-order valence-corrected chi connectivity index (χ3v) is 3.33. The molecule has 0 aliphatic heterocycles. The molecule has 1 unspecified atom stereocenters. The van der Waals surface area contributed by atoms with Crippen molar-refractivity contribution < 1.29 is 9.90 Å². The highest BCUT2D eigenvalue weighted by Gasteiger charge is 2.37. The number of carbonyl (C=O) groups excluding carboxylic acids is 1. The minimum atomic E-state index is -0.236. The van der Waals surface area contributed by atoms with Gasteiger partial charge in [-0.3, -0.25) is 4.79 Å². The predicted octanol–water partition coefficient (Wildman–Crippen LogP) is 3.92. The summed E-state index contributed by atoms with van der Waals surface area (Å²) in [6, 6.07) is 6.86.